The summed E-state index contributed by atoms with van der Waals surface area (Å²) in [5, 5.41) is 9.10. The molecular weight excluding hydrogens is 240 g/mol. The largest absolute Gasteiger partial charge is 0.478 e. The fraction of sp³-hybridized carbons (Fsp3) is 0.562. The van der Waals surface area contributed by atoms with Crippen LogP contribution in [-0.4, -0.2) is 23.8 Å². The molecule has 0 bridgehead atoms. The summed E-state index contributed by atoms with van der Waals surface area (Å²) in [5.74, 6) is -0.855. The van der Waals surface area contributed by atoms with Crippen molar-refractivity contribution in [1.82, 2.24) is 0 Å². The van der Waals surface area contributed by atoms with Crippen LogP contribution in [0, 0.1) is 0 Å². The van der Waals surface area contributed by atoms with E-state index in [1.807, 2.05) is 12.1 Å². The van der Waals surface area contributed by atoms with Crippen molar-refractivity contribution in [2.45, 2.75) is 52.1 Å². The maximum atomic E-state index is 11.1. The molecule has 3 nitrogen and oxygen atoms in total. The zero-order valence-electron chi connectivity index (χ0n) is 11.9. The normalized spacial score (nSPS) is 12.3. The highest BCUT2D eigenvalue weighted by atomic mass is 16.5. The van der Waals surface area contributed by atoms with Crippen LogP contribution in [0.3, 0.4) is 0 Å². The van der Waals surface area contributed by atoms with Gasteiger partial charge in [-0.3, -0.25) is 0 Å². The average Bonchev–Trinajstić information content (AvgIpc) is 2.41. The molecule has 0 spiro atoms. The molecule has 0 heterocycles. The van der Waals surface area contributed by atoms with E-state index in [4.69, 9.17) is 9.84 Å². The number of carbonyl (C=O) groups is 1. The van der Waals surface area contributed by atoms with E-state index in [9.17, 15) is 4.79 Å². The molecule has 0 fully saturated rings. The van der Waals surface area contributed by atoms with E-state index in [1.54, 1.807) is 12.1 Å². The standard InChI is InChI=1S/C16H24O3/c1-3-4-7-12-19-13(2)10-11-14-8-5-6-9-15(14)16(17)18/h5-6,8-9,13H,3-4,7,10-12H2,1-2H3,(H,17,18). The number of aryl methyl sites for hydroxylation is 1. The van der Waals surface area contributed by atoms with Crippen LogP contribution in [0.2, 0.25) is 0 Å². The fourth-order valence-electron chi connectivity index (χ4n) is 2.03. The Bertz CT molecular complexity index is 387. The molecule has 106 valence electrons. The first-order valence-electron chi connectivity index (χ1n) is 7.08. The number of aromatic carboxylic acids is 1. The molecule has 0 radical (unpaired) electrons. The molecule has 1 unspecified atom stereocenters. The van der Waals surface area contributed by atoms with Gasteiger partial charge in [0.1, 0.15) is 0 Å². The van der Waals surface area contributed by atoms with Crippen LogP contribution in [0.25, 0.3) is 0 Å². The highest BCUT2D eigenvalue weighted by molar-refractivity contribution is 5.89. The van der Waals surface area contributed by atoms with Crippen molar-refractivity contribution < 1.29 is 14.6 Å². The highest BCUT2D eigenvalue weighted by Gasteiger charge is 2.10. The molecule has 1 N–H and O–H groups in total. The minimum absolute atomic E-state index is 0.179. The highest BCUT2D eigenvalue weighted by Crippen LogP contribution is 2.13. The zero-order valence-corrected chi connectivity index (χ0v) is 11.9. The van der Waals surface area contributed by atoms with Gasteiger partial charge in [-0.2, -0.15) is 0 Å². The van der Waals surface area contributed by atoms with E-state index in [0.717, 1.165) is 31.4 Å². The molecule has 3 heteroatoms. The van der Waals surface area contributed by atoms with Gasteiger partial charge < -0.3 is 9.84 Å². The number of hydrogen-bond acceptors (Lipinski definition) is 2. The SMILES string of the molecule is CCCCCOC(C)CCc1ccccc1C(=O)O. The fourth-order valence-corrected chi connectivity index (χ4v) is 2.03. The number of ether oxygens (including phenoxy) is 1. The third-order valence-corrected chi connectivity index (χ3v) is 3.22. The summed E-state index contributed by atoms with van der Waals surface area (Å²) in [6.45, 7) is 5.02. The van der Waals surface area contributed by atoms with Gasteiger partial charge in [-0.1, -0.05) is 38.0 Å². The van der Waals surface area contributed by atoms with E-state index in [0.29, 0.717) is 5.56 Å². The first-order valence-corrected chi connectivity index (χ1v) is 7.08. The van der Waals surface area contributed by atoms with E-state index in [-0.39, 0.29) is 6.10 Å². The Hall–Kier alpha value is -1.35. The number of benzene rings is 1. The van der Waals surface area contributed by atoms with Gasteiger partial charge in [0, 0.05) is 6.61 Å². The summed E-state index contributed by atoms with van der Waals surface area (Å²) < 4.78 is 5.72. The lowest BCUT2D eigenvalue weighted by Gasteiger charge is -2.13. The molecule has 19 heavy (non-hydrogen) atoms. The smallest absolute Gasteiger partial charge is 0.335 e. The van der Waals surface area contributed by atoms with Gasteiger partial charge in [0.25, 0.3) is 0 Å². The van der Waals surface area contributed by atoms with Crippen LogP contribution in [0.4, 0.5) is 0 Å². The lowest BCUT2D eigenvalue weighted by Crippen LogP contribution is -2.12. The number of hydrogen-bond donors (Lipinski definition) is 1. The number of rotatable bonds is 9. The first-order chi connectivity index (χ1) is 9.15. The van der Waals surface area contributed by atoms with E-state index < -0.39 is 5.97 Å². The van der Waals surface area contributed by atoms with Gasteiger partial charge >= 0.3 is 5.97 Å². The van der Waals surface area contributed by atoms with Crippen molar-refractivity contribution in [2.24, 2.45) is 0 Å². The molecule has 1 aromatic carbocycles. The van der Waals surface area contributed by atoms with Crippen LogP contribution in [0.15, 0.2) is 24.3 Å². The third-order valence-electron chi connectivity index (χ3n) is 3.22. The third kappa shape index (κ3) is 5.88. The van der Waals surface area contributed by atoms with Gasteiger partial charge in [0.05, 0.1) is 11.7 Å². The van der Waals surface area contributed by atoms with E-state index in [2.05, 4.69) is 13.8 Å². The average molecular weight is 264 g/mol. The molecule has 1 atom stereocenters. The van der Waals surface area contributed by atoms with E-state index >= 15 is 0 Å². The summed E-state index contributed by atoms with van der Waals surface area (Å²) in [6, 6.07) is 7.18. The van der Waals surface area contributed by atoms with Crippen LogP contribution >= 0.6 is 0 Å². The van der Waals surface area contributed by atoms with Crippen molar-refractivity contribution in [2.75, 3.05) is 6.61 Å². The second-order valence-electron chi connectivity index (χ2n) is 4.89. The van der Waals surface area contributed by atoms with Crippen molar-refractivity contribution in [3.05, 3.63) is 35.4 Å². The van der Waals surface area contributed by atoms with Crippen molar-refractivity contribution >= 4 is 5.97 Å². The summed E-state index contributed by atoms with van der Waals surface area (Å²) >= 11 is 0. The Labute approximate surface area is 115 Å². The maximum Gasteiger partial charge on any atom is 0.335 e. The maximum absolute atomic E-state index is 11.1. The van der Waals surface area contributed by atoms with Gasteiger partial charge in [-0.15, -0.1) is 0 Å². The number of unbranched alkanes of at least 4 members (excludes halogenated alkanes) is 2. The molecule has 0 aliphatic rings. The summed E-state index contributed by atoms with van der Waals surface area (Å²) in [4.78, 5) is 11.1. The van der Waals surface area contributed by atoms with Crippen LogP contribution in [0.5, 0.6) is 0 Å². The van der Waals surface area contributed by atoms with Crippen LogP contribution in [0.1, 0.15) is 55.5 Å². The Kier molecular flexibility index (Phi) is 7.19. The molecule has 0 aromatic heterocycles. The summed E-state index contributed by atoms with van der Waals surface area (Å²) in [5.41, 5.74) is 1.29. The molecule has 1 rings (SSSR count). The minimum atomic E-state index is -0.855. The predicted octanol–water partition coefficient (Wildman–Crippen LogP) is 3.91. The van der Waals surface area contributed by atoms with Gasteiger partial charge in [-0.25, -0.2) is 4.79 Å². The van der Waals surface area contributed by atoms with Crippen LogP contribution in [-0.2, 0) is 11.2 Å². The Morgan fingerprint density at radius 2 is 2.05 bits per heavy atom. The zero-order chi connectivity index (χ0) is 14.1. The van der Waals surface area contributed by atoms with Crippen molar-refractivity contribution in [1.29, 1.82) is 0 Å². The molecule has 0 saturated heterocycles. The molecule has 0 aliphatic carbocycles. The van der Waals surface area contributed by atoms with Crippen molar-refractivity contribution in [3.8, 4) is 0 Å². The second kappa shape index (κ2) is 8.70. The first kappa shape index (κ1) is 15.7. The molecule has 1 aromatic rings. The Morgan fingerprint density at radius 3 is 2.74 bits per heavy atom. The number of carboxylic acids is 1. The molecule has 0 saturated carbocycles. The number of carboxylic acid groups (broad SMARTS) is 1. The topological polar surface area (TPSA) is 46.5 Å². The van der Waals surface area contributed by atoms with Crippen LogP contribution < -0.4 is 0 Å². The van der Waals surface area contributed by atoms with E-state index in [1.165, 1.54) is 12.8 Å². The van der Waals surface area contributed by atoms with Gasteiger partial charge in [0.15, 0.2) is 0 Å². The molecule has 0 aliphatic heterocycles. The van der Waals surface area contributed by atoms with Gasteiger partial charge in [-0.05, 0) is 37.8 Å². The quantitative estimate of drug-likeness (QED) is 0.688. The van der Waals surface area contributed by atoms with Crippen molar-refractivity contribution in [3.63, 3.8) is 0 Å². The Morgan fingerprint density at radius 1 is 1.32 bits per heavy atom. The summed E-state index contributed by atoms with van der Waals surface area (Å²) in [7, 11) is 0. The second-order valence-corrected chi connectivity index (χ2v) is 4.89. The monoisotopic (exact) mass is 264 g/mol. The van der Waals surface area contributed by atoms with Gasteiger partial charge in [0.2, 0.25) is 0 Å². The minimum Gasteiger partial charge on any atom is -0.478 e. The Balaban J connectivity index is 2.37. The molecular formula is C16H24O3. The summed E-state index contributed by atoms with van der Waals surface area (Å²) in [6.07, 6.45) is 5.29. The lowest BCUT2D eigenvalue weighted by molar-refractivity contribution is 0.0575. The lowest BCUT2D eigenvalue weighted by atomic mass is 10.0. The predicted molar refractivity (Wildman–Crippen MR) is 76.7 cm³/mol. The molecule has 0 amide bonds.